The molecule has 1 aliphatic heterocycles. The number of piperidine rings is 1. The summed E-state index contributed by atoms with van der Waals surface area (Å²) in [6.07, 6.45) is 4.46. The van der Waals surface area contributed by atoms with Gasteiger partial charge in [0.1, 0.15) is 6.10 Å². The molecule has 166 valence electrons. The lowest BCUT2D eigenvalue weighted by atomic mass is 9.81. The fourth-order valence-electron chi connectivity index (χ4n) is 4.65. The van der Waals surface area contributed by atoms with Crippen molar-refractivity contribution < 1.29 is 28.7 Å². The van der Waals surface area contributed by atoms with Crippen LogP contribution in [0.3, 0.4) is 0 Å². The predicted octanol–water partition coefficient (Wildman–Crippen LogP) is 3.30. The minimum atomic E-state index is -1.16. The maximum Gasteiger partial charge on any atom is 0.320 e. The van der Waals surface area contributed by atoms with Gasteiger partial charge in [0.15, 0.2) is 12.2 Å². The summed E-state index contributed by atoms with van der Waals surface area (Å²) in [6, 6.07) is 0. The van der Waals surface area contributed by atoms with Gasteiger partial charge in [0.05, 0.1) is 13.2 Å². The number of hydroxylamine groups is 2. The Balaban J connectivity index is 2.35. The minimum Gasteiger partial charge on any atom is -0.465 e. The topological polar surface area (TPSA) is 82.1 Å². The second kappa shape index (κ2) is 9.56. The molecule has 2 fully saturated rings. The van der Waals surface area contributed by atoms with Crippen molar-refractivity contribution in [3.8, 4) is 0 Å². The van der Waals surface area contributed by atoms with Crippen LogP contribution in [0, 0.1) is 17.8 Å². The molecule has 0 aromatic heterocycles. The van der Waals surface area contributed by atoms with Crippen molar-refractivity contribution in [3.63, 3.8) is 0 Å². The maximum atomic E-state index is 12.7. The molecule has 1 heterocycles. The zero-order chi connectivity index (χ0) is 21.8. The molecule has 1 aliphatic carbocycles. The van der Waals surface area contributed by atoms with Crippen molar-refractivity contribution in [2.45, 2.75) is 90.8 Å². The van der Waals surface area contributed by atoms with E-state index in [1.54, 1.807) is 13.8 Å². The standard InChI is InChI=1S/C22H37NO6/c1-7-27-19(25)18(20(26)28-8-2)17(15-10-11-15)16(14-24)29-23-21(3,4)12-9-13-22(23,5)6/h14-18H,7-13H2,1-6H3/t16-,17-/m1/s1. The first kappa shape index (κ1) is 23.8. The Hall–Kier alpha value is -1.47. The van der Waals surface area contributed by atoms with E-state index in [0.717, 1.165) is 38.4 Å². The number of nitrogens with zero attached hydrogens (tertiary/aromatic N) is 1. The van der Waals surface area contributed by atoms with Gasteiger partial charge in [0, 0.05) is 17.0 Å². The highest BCUT2D eigenvalue weighted by atomic mass is 16.7. The van der Waals surface area contributed by atoms with E-state index in [2.05, 4.69) is 27.7 Å². The van der Waals surface area contributed by atoms with Crippen LogP contribution in [0.25, 0.3) is 0 Å². The Bertz CT molecular complexity index is 564. The van der Waals surface area contributed by atoms with Crippen molar-refractivity contribution in [2.24, 2.45) is 17.8 Å². The third-order valence-corrected chi connectivity index (χ3v) is 6.05. The smallest absolute Gasteiger partial charge is 0.320 e. The number of carbonyl (C=O) groups excluding carboxylic acids is 3. The van der Waals surface area contributed by atoms with Crippen molar-refractivity contribution in [2.75, 3.05) is 13.2 Å². The molecule has 0 spiro atoms. The van der Waals surface area contributed by atoms with Crippen molar-refractivity contribution in [3.05, 3.63) is 0 Å². The Labute approximate surface area is 174 Å². The Morgan fingerprint density at radius 1 is 1.00 bits per heavy atom. The maximum absolute atomic E-state index is 12.7. The molecule has 0 N–H and O–H groups in total. The first-order valence-electron chi connectivity index (χ1n) is 10.8. The predicted molar refractivity (Wildman–Crippen MR) is 108 cm³/mol. The molecule has 0 bridgehead atoms. The molecule has 1 saturated heterocycles. The molecule has 0 unspecified atom stereocenters. The molecule has 2 aliphatic rings. The normalized spacial score (nSPS) is 23.3. The van der Waals surface area contributed by atoms with Crippen molar-refractivity contribution in [1.29, 1.82) is 0 Å². The minimum absolute atomic E-state index is 0.0556. The number of hydrogen-bond donors (Lipinski definition) is 0. The number of aldehydes is 1. The number of rotatable bonds is 10. The van der Waals surface area contributed by atoms with Crippen LogP contribution in [0.1, 0.15) is 73.6 Å². The molecule has 1 saturated carbocycles. The van der Waals surface area contributed by atoms with Crippen LogP contribution in [-0.2, 0) is 28.7 Å². The second-order valence-electron chi connectivity index (χ2n) is 9.38. The quantitative estimate of drug-likeness (QED) is 0.310. The average Bonchev–Trinajstić information content (AvgIpc) is 3.44. The van der Waals surface area contributed by atoms with Gasteiger partial charge >= 0.3 is 11.9 Å². The van der Waals surface area contributed by atoms with Crippen LogP contribution in [0.2, 0.25) is 0 Å². The zero-order valence-electron chi connectivity index (χ0n) is 18.7. The van der Waals surface area contributed by atoms with Crippen LogP contribution >= 0.6 is 0 Å². The highest BCUT2D eigenvalue weighted by Gasteiger charge is 2.52. The van der Waals surface area contributed by atoms with Crippen LogP contribution in [0.15, 0.2) is 0 Å². The fourth-order valence-corrected chi connectivity index (χ4v) is 4.65. The van der Waals surface area contributed by atoms with E-state index in [4.69, 9.17) is 14.3 Å². The molecule has 2 atom stereocenters. The van der Waals surface area contributed by atoms with Crippen LogP contribution in [0.5, 0.6) is 0 Å². The average molecular weight is 412 g/mol. The number of esters is 2. The van der Waals surface area contributed by atoms with E-state index in [1.165, 1.54) is 0 Å². The van der Waals surface area contributed by atoms with Gasteiger partial charge in [-0.15, -0.1) is 0 Å². The molecule has 0 aromatic carbocycles. The molecule has 7 heteroatoms. The van der Waals surface area contributed by atoms with Crippen LogP contribution < -0.4 is 0 Å². The van der Waals surface area contributed by atoms with Gasteiger partial charge in [0.25, 0.3) is 0 Å². The van der Waals surface area contributed by atoms with Crippen LogP contribution in [-0.4, -0.2) is 53.7 Å². The summed E-state index contributed by atoms with van der Waals surface area (Å²) in [5, 5.41) is 1.91. The lowest BCUT2D eigenvalue weighted by Crippen LogP contribution is -2.60. The summed E-state index contributed by atoms with van der Waals surface area (Å²) in [4.78, 5) is 43.9. The van der Waals surface area contributed by atoms with Gasteiger partial charge in [-0.2, -0.15) is 5.06 Å². The highest BCUT2D eigenvalue weighted by Crippen LogP contribution is 2.46. The Kier molecular flexibility index (Phi) is 7.85. The van der Waals surface area contributed by atoms with Gasteiger partial charge in [0.2, 0.25) is 0 Å². The van der Waals surface area contributed by atoms with Gasteiger partial charge in [-0.1, -0.05) is 0 Å². The molecule has 0 amide bonds. The first-order chi connectivity index (χ1) is 13.6. The first-order valence-corrected chi connectivity index (χ1v) is 10.8. The van der Waals surface area contributed by atoms with E-state index in [0.29, 0.717) is 0 Å². The fraction of sp³-hybridized carbons (Fsp3) is 0.864. The van der Waals surface area contributed by atoms with E-state index < -0.39 is 29.9 Å². The zero-order valence-corrected chi connectivity index (χ0v) is 18.7. The van der Waals surface area contributed by atoms with E-state index in [1.807, 2.05) is 5.06 Å². The molecular weight excluding hydrogens is 374 g/mol. The molecule has 0 radical (unpaired) electrons. The lowest BCUT2D eigenvalue weighted by Gasteiger charge is -2.52. The SMILES string of the molecule is CCOC(=O)C(C(=O)OCC)[C@H](C1CC1)[C@@H](C=O)ON1C(C)(C)CCCC1(C)C. The third-order valence-electron chi connectivity index (χ3n) is 6.05. The molecule has 29 heavy (non-hydrogen) atoms. The van der Waals surface area contributed by atoms with Crippen LogP contribution in [0.4, 0.5) is 0 Å². The van der Waals surface area contributed by atoms with E-state index >= 15 is 0 Å². The molecular formula is C22H37NO6. The van der Waals surface area contributed by atoms with Gasteiger partial charge in [-0.3, -0.25) is 14.4 Å². The molecule has 7 nitrogen and oxygen atoms in total. The summed E-state index contributed by atoms with van der Waals surface area (Å²) < 4.78 is 10.3. The summed E-state index contributed by atoms with van der Waals surface area (Å²) in [5.41, 5.74) is -0.527. The third kappa shape index (κ3) is 5.57. The Morgan fingerprint density at radius 2 is 1.48 bits per heavy atom. The summed E-state index contributed by atoms with van der Waals surface area (Å²) in [6.45, 7) is 12.1. The van der Waals surface area contributed by atoms with Gasteiger partial charge < -0.3 is 14.3 Å². The number of carbonyl (C=O) groups is 3. The summed E-state index contributed by atoms with van der Waals surface area (Å²) >= 11 is 0. The largest absolute Gasteiger partial charge is 0.465 e. The highest BCUT2D eigenvalue weighted by molar-refractivity contribution is 5.95. The van der Waals surface area contributed by atoms with Gasteiger partial charge in [-0.25, -0.2) is 0 Å². The van der Waals surface area contributed by atoms with E-state index in [9.17, 15) is 14.4 Å². The Morgan fingerprint density at radius 3 is 1.86 bits per heavy atom. The molecule has 2 rings (SSSR count). The monoisotopic (exact) mass is 411 g/mol. The second-order valence-corrected chi connectivity index (χ2v) is 9.38. The molecule has 0 aromatic rings. The summed E-state index contributed by atoms with van der Waals surface area (Å²) in [5.74, 6) is -2.99. The number of hydrogen-bond acceptors (Lipinski definition) is 7. The van der Waals surface area contributed by atoms with Crippen molar-refractivity contribution >= 4 is 18.2 Å². The summed E-state index contributed by atoms with van der Waals surface area (Å²) in [7, 11) is 0. The lowest BCUT2D eigenvalue weighted by molar-refractivity contribution is -0.306. The van der Waals surface area contributed by atoms with Gasteiger partial charge in [-0.05, 0) is 79.6 Å². The number of ether oxygens (including phenoxy) is 2. The van der Waals surface area contributed by atoms with E-state index in [-0.39, 0.29) is 30.2 Å². The van der Waals surface area contributed by atoms with Crippen molar-refractivity contribution in [1.82, 2.24) is 5.06 Å².